The number of hydrogen-bond donors (Lipinski definition) is 0. The molecule has 0 aliphatic heterocycles. The summed E-state index contributed by atoms with van der Waals surface area (Å²) in [7, 11) is 0. The summed E-state index contributed by atoms with van der Waals surface area (Å²) in [6.45, 7) is 13.8. The van der Waals surface area contributed by atoms with E-state index in [0.717, 1.165) is 18.8 Å². The maximum atomic E-state index is 3.64. The molecule has 0 spiro atoms. The zero-order valence-electron chi connectivity index (χ0n) is 7.69. The number of hydrogen-bond acceptors (Lipinski definition) is 0. The molecule has 0 rings (SSSR count). The molecule has 0 aromatic rings. The number of unbranched alkanes of at least 4 members (excludes halogenated alkanes) is 2. The van der Waals surface area contributed by atoms with Crippen LogP contribution in [0.3, 0.4) is 0 Å². The minimum atomic E-state index is 0. The summed E-state index contributed by atoms with van der Waals surface area (Å²) in [6, 6.07) is 0. The molecule has 61 valence electrons. The fourth-order valence-corrected chi connectivity index (χ4v) is 0.177. The SMILES string of the molecule is CC(C)C.[CH2-]CCC[CH2-].[Y]. The fourth-order valence-electron chi connectivity index (χ4n) is 0.177. The third kappa shape index (κ3) is 62.1. The van der Waals surface area contributed by atoms with Gasteiger partial charge in [0.05, 0.1) is 0 Å². The van der Waals surface area contributed by atoms with Crippen LogP contribution in [0, 0.1) is 19.8 Å². The van der Waals surface area contributed by atoms with E-state index in [1.807, 2.05) is 0 Å². The molecular formula is C9H20Y-2. The summed E-state index contributed by atoms with van der Waals surface area (Å²) in [5.41, 5.74) is 0. The molecular weight excluding hydrogens is 197 g/mol. The minimum Gasteiger partial charge on any atom is -0.343 e. The van der Waals surface area contributed by atoms with Crippen molar-refractivity contribution in [1.82, 2.24) is 0 Å². The molecule has 0 saturated heterocycles. The summed E-state index contributed by atoms with van der Waals surface area (Å²) in [5, 5.41) is 0. The Labute approximate surface area is 92.0 Å². The largest absolute Gasteiger partial charge is 0.343 e. The fraction of sp³-hybridized carbons (Fsp3) is 0.778. The van der Waals surface area contributed by atoms with Crippen molar-refractivity contribution in [2.75, 3.05) is 0 Å². The molecule has 0 nitrogen and oxygen atoms in total. The van der Waals surface area contributed by atoms with E-state index >= 15 is 0 Å². The predicted octanol–water partition coefficient (Wildman–Crippen LogP) is 3.48. The van der Waals surface area contributed by atoms with E-state index in [0.29, 0.717) is 0 Å². The van der Waals surface area contributed by atoms with Gasteiger partial charge in [-0.15, -0.1) is 6.42 Å². The topological polar surface area (TPSA) is 0 Å². The Morgan fingerprint density at radius 2 is 1.20 bits per heavy atom. The van der Waals surface area contributed by atoms with Crippen molar-refractivity contribution in [2.24, 2.45) is 5.92 Å². The van der Waals surface area contributed by atoms with Crippen LogP contribution >= 0.6 is 0 Å². The molecule has 0 aliphatic rings. The summed E-state index contributed by atoms with van der Waals surface area (Å²) in [4.78, 5) is 0. The van der Waals surface area contributed by atoms with Gasteiger partial charge in [0.15, 0.2) is 0 Å². The average molecular weight is 217 g/mol. The zero-order valence-corrected chi connectivity index (χ0v) is 10.5. The smallest absolute Gasteiger partial charge is 0 e. The van der Waals surface area contributed by atoms with Gasteiger partial charge in [0.1, 0.15) is 0 Å². The first-order valence-electron chi connectivity index (χ1n) is 3.73. The third-order valence-electron chi connectivity index (χ3n) is 0.500. The molecule has 1 radical (unpaired) electrons. The van der Waals surface area contributed by atoms with E-state index in [-0.39, 0.29) is 32.7 Å². The predicted molar refractivity (Wildman–Crippen MR) is 45.1 cm³/mol. The summed E-state index contributed by atoms with van der Waals surface area (Å²) in [5.74, 6) is 0.833. The van der Waals surface area contributed by atoms with Gasteiger partial charge in [-0.1, -0.05) is 20.8 Å². The molecule has 0 N–H and O–H groups in total. The average Bonchev–Trinajstić information content (AvgIpc) is 1.66. The maximum absolute atomic E-state index is 3.64. The molecule has 0 aromatic carbocycles. The van der Waals surface area contributed by atoms with Crippen LogP contribution in [0.15, 0.2) is 0 Å². The van der Waals surface area contributed by atoms with Crippen molar-refractivity contribution in [3.05, 3.63) is 13.8 Å². The van der Waals surface area contributed by atoms with E-state index in [9.17, 15) is 0 Å². The van der Waals surface area contributed by atoms with Crippen LogP contribution in [0.1, 0.15) is 40.0 Å². The number of rotatable bonds is 2. The Morgan fingerprint density at radius 3 is 1.20 bits per heavy atom. The van der Waals surface area contributed by atoms with Gasteiger partial charge in [-0.05, 0) is 5.92 Å². The van der Waals surface area contributed by atoms with Crippen LogP contribution in [-0.2, 0) is 32.7 Å². The molecule has 10 heavy (non-hydrogen) atoms. The van der Waals surface area contributed by atoms with Gasteiger partial charge in [0.2, 0.25) is 0 Å². The van der Waals surface area contributed by atoms with Crippen LogP contribution in [0.5, 0.6) is 0 Å². The van der Waals surface area contributed by atoms with Crippen molar-refractivity contribution in [3.8, 4) is 0 Å². The Bertz CT molecular complexity index is 29.0. The minimum absolute atomic E-state index is 0. The zero-order chi connectivity index (χ0) is 7.70. The monoisotopic (exact) mass is 217 g/mol. The molecule has 0 atom stereocenters. The van der Waals surface area contributed by atoms with Gasteiger partial charge in [-0.25, -0.2) is 0 Å². The van der Waals surface area contributed by atoms with Gasteiger partial charge >= 0.3 is 0 Å². The first-order valence-corrected chi connectivity index (χ1v) is 3.73. The van der Waals surface area contributed by atoms with Gasteiger partial charge < -0.3 is 13.8 Å². The Hall–Kier alpha value is 1.10. The molecule has 0 fully saturated rings. The first-order chi connectivity index (χ1) is 4.15. The molecule has 0 heterocycles. The van der Waals surface area contributed by atoms with Gasteiger partial charge in [-0.3, -0.25) is 0 Å². The molecule has 0 aliphatic carbocycles. The van der Waals surface area contributed by atoms with E-state index in [1.54, 1.807) is 0 Å². The Morgan fingerprint density at radius 1 is 1.00 bits per heavy atom. The Balaban J connectivity index is -0.0000000910. The van der Waals surface area contributed by atoms with E-state index in [2.05, 4.69) is 34.6 Å². The second-order valence-corrected chi connectivity index (χ2v) is 2.79. The van der Waals surface area contributed by atoms with Crippen LogP contribution in [0.2, 0.25) is 0 Å². The second kappa shape index (κ2) is 16.6. The molecule has 0 bridgehead atoms. The van der Waals surface area contributed by atoms with Gasteiger partial charge in [0, 0.05) is 32.7 Å². The maximum Gasteiger partial charge on any atom is 0 e. The molecule has 1 heteroatoms. The van der Waals surface area contributed by atoms with Crippen LogP contribution in [0.4, 0.5) is 0 Å². The van der Waals surface area contributed by atoms with Crippen molar-refractivity contribution < 1.29 is 32.7 Å². The third-order valence-corrected chi connectivity index (χ3v) is 0.500. The van der Waals surface area contributed by atoms with Crippen molar-refractivity contribution in [1.29, 1.82) is 0 Å². The van der Waals surface area contributed by atoms with Crippen LogP contribution in [-0.4, -0.2) is 0 Å². The second-order valence-electron chi connectivity index (χ2n) is 2.79. The summed E-state index contributed by atoms with van der Waals surface area (Å²) in [6.07, 6.45) is 3.23. The van der Waals surface area contributed by atoms with Crippen LogP contribution in [0.25, 0.3) is 0 Å². The molecule has 0 saturated carbocycles. The normalized spacial score (nSPS) is 7.80. The van der Waals surface area contributed by atoms with Crippen molar-refractivity contribution in [3.63, 3.8) is 0 Å². The quantitative estimate of drug-likeness (QED) is 0.621. The van der Waals surface area contributed by atoms with E-state index in [4.69, 9.17) is 0 Å². The van der Waals surface area contributed by atoms with E-state index in [1.165, 1.54) is 6.42 Å². The van der Waals surface area contributed by atoms with Gasteiger partial charge in [-0.2, -0.15) is 12.8 Å². The van der Waals surface area contributed by atoms with Gasteiger partial charge in [0.25, 0.3) is 0 Å². The van der Waals surface area contributed by atoms with Crippen LogP contribution < -0.4 is 0 Å². The van der Waals surface area contributed by atoms with E-state index < -0.39 is 0 Å². The Kier molecular flexibility index (Phi) is 28.6. The molecule has 0 aromatic heterocycles. The van der Waals surface area contributed by atoms with Crippen molar-refractivity contribution >= 4 is 0 Å². The first kappa shape index (κ1) is 17.3. The summed E-state index contributed by atoms with van der Waals surface area (Å²) < 4.78 is 0. The molecule has 0 amide bonds. The molecule has 0 unspecified atom stereocenters. The standard InChI is InChI=1S/C5H10.C4H10.Y/c1-3-5-4-2;1-4(2)3;/h1-5H2;4H,1-3H3;/q-2;;. The van der Waals surface area contributed by atoms with Crippen molar-refractivity contribution in [2.45, 2.75) is 40.0 Å². The summed E-state index contributed by atoms with van der Waals surface area (Å²) >= 11 is 0.